The lowest BCUT2D eigenvalue weighted by Gasteiger charge is -2.38. The quantitative estimate of drug-likeness (QED) is 0.479. The number of aliphatic hydroxyl groups excluding tert-OH is 1. The van der Waals surface area contributed by atoms with Crippen LogP contribution >= 0.6 is 11.6 Å². The number of benzene rings is 1. The van der Waals surface area contributed by atoms with E-state index in [1.54, 1.807) is 0 Å². The predicted molar refractivity (Wildman–Crippen MR) is 129 cm³/mol. The molecule has 6 nitrogen and oxygen atoms in total. The molecule has 1 saturated heterocycles. The number of carbonyl (C=O) groups is 1. The van der Waals surface area contributed by atoms with Crippen molar-refractivity contribution in [2.75, 3.05) is 39.9 Å². The highest BCUT2D eigenvalue weighted by atomic mass is 35.5. The van der Waals surface area contributed by atoms with E-state index in [1.807, 2.05) is 36.2 Å². The molecule has 3 rings (SSSR count). The van der Waals surface area contributed by atoms with Crippen LogP contribution in [0.2, 0.25) is 5.02 Å². The third kappa shape index (κ3) is 7.62. The lowest BCUT2D eigenvalue weighted by Crippen LogP contribution is -2.52. The summed E-state index contributed by atoms with van der Waals surface area (Å²) < 4.78 is 6.04. The first-order valence-electron chi connectivity index (χ1n) is 12.3. The molecule has 1 aliphatic carbocycles. The maximum absolute atomic E-state index is 13.2. The zero-order valence-electron chi connectivity index (χ0n) is 19.4. The average Bonchev–Trinajstić information content (AvgIpc) is 2.80. The molecule has 1 unspecified atom stereocenters. The molecule has 0 radical (unpaired) electrons. The predicted octanol–water partition coefficient (Wildman–Crippen LogP) is 4.37. The van der Waals surface area contributed by atoms with Gasteiger partial charge in [0.15, 0.2) is 0 Å². The topological polar surface area (TPSA) is 73.8 Å². The minimum Gasteiger partial charge on any atom is -0.394 e. The van der Waals surface area contributed by atoms with Gasteiger partial charge in [0.05, 0.1) is 19.3 Å². The first kappa shape index (κ1) is 25.3. The molecule has 3 N–H and O–H groups in total. The fourth-order valence-electron chi connectivity index (χ4n) is 5.34. The lowest BCUT2D eigenvalue weighted by molar-refractivity contribution is -0.0240. The maximum atomic E-state index is 13.2. The number of halogens is 1. The molecule has 0 bridgehead atoms. The summed E-state index contributed by atoms with van der Waals surface area (Å²) in [7, 11) is 1.95. The molecule has 0 aromatic heterocycles. The highest BCUT2D eigenvalue weighted by molar-refractivity contribution is 6.30. The van der Waals surface area contributed by atoms with Crippen molar-refractivity contribution in [2.24, 2.45) is 11.8 Å². The monoisotopic (exact) mass is 465 g/mol. The molecular weight excluding hydrogens is 426 g/mol. The Morgan fingerprint density at radius 1 is 1.25 bits per heavy atom. The smallest absolute Gasteiger partial charge is 0.317 e. The number of piperidine rings is 1. The van der Waals surface area contributed by atoms with Gasteiger partial charge >= 0.3 is 6.03 Å². The number of nitrogens with one attached hydrogen (secondary N) is 2. The summed E-state index contributed by atoms with van der Waals surface area (Å²) in [5, 5.41) is 16.5. The Morgan fingerprint density at radius 2 is 2.06 bits per heavy atom. The second kappa shape index (κ2) is 13.4. The largest absolute Gasteiger partial charge is 0.394 e. The van der Waals surface area contributed by atoms with Crippen LogP contribution in [0.1, 0.15) is 63.0 Å². The Hall–Kier alpha value is -1.34. The van der Waals surface area contributed by atoms with Crippen LogP contribution in [0.25, 0.3) is 0 Å². The van der Waals surface area contributed by atoms with Crippen molar-refractivity contribution in [2.45, 2.75) is 63.5 Å². The Morgan fingerprint density at radius 3 is 2.78 bits per heavy atom. The van der Waals surface area contributed by atoms with E-state index in [2.05, 4.69) is 10.6 Å². The van der Waals surface area contributed by atoms with Gasteiger partial charge in [-0.1, -0.05) is 55.8 Å². The van der Waals surface area contributed by atoms with Crippen LogP contribution in [0.4, 0.5) is 4.79 Å². The normalized spacial score (nSPS) is 21.8. The molecule has 1 aliphatic heterocycles. The van der Waals surface area contributed by atoms with Crippen LogP contribution in [0.3, 0.4) is 0 Å². The molecule has 3 atom stereocenters. The van der Waals surface area contributed by atoms with Gasteiger partial charge in [0.25, 0.3) is 0 Å². The van der Waals surface area contributed by atoms with Gasteiger partial charge in [-0.2, -0.15) is 0 Å². The second-order valence-corrected chi connectivity index (χ2v) is 9.80. The summed E-state index contributed by atoms with van der Waals surface area (Å²) in [4.78, 5) is 15.1. The maximum Gasteiger partial charge on any atom is 0.317 e. The highest BCUT2D eigenvalue weighted by Gasteiger charge is 2.32. The number of hydrogen-bond donors (Lipinski definition) is 3. The summed E-state index contributed by atoms with van der Waals surface area (Å²) in [6.07, 6.45) is 9.33. The molecule has 1 aromatic rings. The minimum atomic E-state index is -0.188. The molecule has 32 heavy (non-hydrogen) atoms. The van der Waals surface area contributed by atoms with Crippen molar-refractivity contribution in [3.8, 4) is 0 Å². The van der Waals surface area contributed by atoms with Crippen LogP contribution in [0, 0.1) is 11.8 Å². The molecular formula is C25H40ClN3O3. The zero-order chi connectivity index (χ0) is 22.8. The third-order valence-corrected chi connectivity index (χ3v) is 7.09. The van der Waals surface area contributed by atoms with E-state index in [1.165, 1.54) is 32.1 Å². The Bertz CT molecular complexity index is 699. The molecule has 7 heteroatoms. The van der Waals surface area contributed by atoms with Crippen LogP contribution in [0.15, 0.2) is 24.3 Å². The zero-order valence-corrected chi connectivity index (χ0v) is 20.2. The molecule has 180 valence electrons. The second-order valence-electron chi connectivity index (χ2n) is 9.36. The van der Waals surface area contributed by atoms with E-state index >= 15 is 0 Å². The van der Waals surface area contributed by atoms with Gasteiger partial charge in [0.2, 0.25) is 0 Å². The summed E-state index contributed by atoms with van der Waals surface area (Å²) in [5.41, 5.74) is 1.00. The molecule has 2 aliphatic rings. The number of ether oxygens (including phenoxy) is 1. The highest BCUT2D eigenvalue weighted by Crippen LogP contribution is 2.34. The van der Waals surface area contributed by atoms with Gasteiger partial charge in [-0.25, -0.2) is 4.79 Å². The summed E-state index contributed by atoms with van der Waals surface area (Å²) in [6.45, 7) is 2.45. The first-order valence-corrected chi connectivity index (χ1v) is 12.7. The number of nitrogens with zero attached hydrogens (tertiary/aromatic N) is 1. The van der Waals surface area contributed by atoms with Crippen molar-refractivity contribution in [1.29, 1.82) is 0 Å². The average molecular weight is 466 g/mol. The summed E-state index contributed by atoms with van der Waals surface area (Å²) in [5.74, 6) is 0.885. The van der Waals surface area contributed by atoms with Crippen molar-refractivity contribution in [3.63, 3.8) is 0 Å². The fraction of sp³-hybridized carbons (Fsp3) is 0.720. The molecule has 0 spiro atoms. The number of urea groups is 1. The van der Waals surface area contributed by atoms with Crippen molar-refractivity contribution >= 4 is 17.6 Å². The fourth-order valence-corrected chi connectivity index (χ4v) is 5.54. The standard InChI is InChI=1S/C25H40ClN3O3/c1-27-17-23(15-19-7-3-2-4-8-19)28-25(31)29-12-6-10-21(18-29)24(32-14-13-30)20-9-5-11-22(26)16-20/h5,9,11,16,19,21,23-24,27,30H,2-4,6-8,10,12-15,17-18H2,1H3,(H,28,31)/t21-,23?,24+/m1/s1. The third-order valence-electron chi connectivity index (χ3n) is 6.86. The minimum absolute atomic E-state index is 0.0257. The van der Waals surface area contributed by atoms with Gasteiger partial charge in [0, 0.05) is 36.6 Å². The van der Waals surface area contributed by atoms with E-state index in [9.17, 15) is 9.90 Å². The number of hydrogen-bond acceptors (Lipinski definition) is 4. The van der Waals surface area contributed by atoms with Crippen molar-refractivity contribution < 1.29 is 14.6 Å². The number of likely N-dealkylation sites (N-methyl/N-ethyl adjacent to an activating group) is 1. The van der Waals surface area contributed by atoms with E-state index in [0.29, 0.717) is 11.6 Å². The van der Waals surface area contributed by atoms with Gasteiger partial charge in [0.1, 0.15) is 0 Å². The van der Waals surface area contributed by atoms with E-state index in [4.69, 9.17) is 16.3 Å². The number of rotatable bonds is 10. The first-order chi connectivity index (χ1) is 15.6. The van der Waals surface area contributed by atoms with E-state index in [0.717, 1.165) is 43.8 Å². The number of carbonyl (C=O) groups excluding carboxylic acids is 1. The summed E-state index contributed by atoms with van der Waals surface area (Å²) in [6, 6.07) is 7.90. The Balaban J connectivity index is 1.62. The van der Waals surface area contributed by atoms with Crippen molar-refractivity contribution in [1.82, 2.24) is 15.5 Å². The van der Waals surface area contributed by atoms with Gasteiger partial charge in [-0.3, -0.25) is 0 Å². The van der Waals surface area contributed by atoms with Crippen LogP contribution < -0.4 is 10.6 Å². The van der Waals surface area contributed by atoms with Gasteiger partial charge < -0.3 is 25.4 Å². The molecule has 1 heterocycles. The molecule has 2 fully saturated rings. The van der Waals surface area contributed by atoms with Crippen LogP contribution in [0.5, 0.6) is 0 Å². The van der Waals surface area contributed by atoms with Gasteiger partial charge in [-0.15, -0.1) is 0 Å². The van der Waals surface area contributed by atoms with Crippen molar-refractivity contribution in [3.05, 3.63) is 34.9 Å². The molecule has 1 saturated carbocycles. The SMILES string of the molecule is CNCC(CC1CCCCC1)NC(=O)N1CCC[C@@H]([C@@H](OCCO)c2cccc(Cl)c2)C1. The van der Waals surface area contributed by atoms with Crippen LogP contribution in [-0.4, -0.2) is 62.0 Å². The number of aliphatic hydroxyl groups is 1. The van der Waals surface area contributed by atoms with Gasteiger partial charge in [-0.05, 0) is 49.9 Å². The van der Waals surface area contributed by atoms with E-state index in [-0.39, 0.29) is 37.3 Å². The number of amides is 2. The lowest BCUT2D eigenvalue weighted by atomic mass is 9.85. The Kier molecular flexibility index (Phi) is 10.6. The molecule has 1 aromatic carbocycles. The van der Waals surface area contributed by atoms with E-state index < -0.39 is 0 Å². The Labute approximate surface area is 198 Å². The van der Waals surface area contributed by atoms with Crippen LogP contribution in [-0.2, 0) is 4.74 Å². The summed E-state index contributed by atoms with van der Waals surface area (Å²) >= 11 is 6.22. The number of likely N-dealkylation sites (tertiary alicyclic amines) is 1. The molecule has 2 amide bonds.